The Kier molecular flexibility index (Phi) is 9.19. The van der Waals surface area contributed by atoms with Crippen molar-refractivity contribution in [1.29, 1.82) is 0 Å². The Labute approximate surface area is 237 Å². The number of aromatic nitrogens is 3. The molecule has 0 aliphatic rings. The molecule has 0 aliphatic heterocycles. The predicted molar refractivity (Wildman–Crippen MR) is 152 cm³/mol. The molecule has 0 bridgehead atoms. The molecule has 40 heavy (non-hydrogen) atoms. The summed E-state index contributed by atoms with van der Waals surface area (Å²) in [5.74, 6) is -2.38. The third kappa shape index (κ3) is 7.48. The number of hydrogen-bond acceptors (Lipinski definition) is 7. The van der Waals surface area contributed by atoms with E-state index < -0.39 is 29.8 Å². The largest absolute Gasteiger partial charge is 0.504 e. The van der Waals surface area contributed by atoms with E-state index in [9.17, 15) is 24.6 Å². The van der Waals surface area contributed by atoms with Crippen molar-refractivity contribution in [3.63, 3.8) is 0 Å². The Bertz CT molecular complexity index is 1530. The lowest BCUT2D eigenvalue weighted by Gasteiger charge is -2.21. The van der Waals surface area contributed by atoms with Crippen LogP contribution in [-0.2, 0) is 27.2 Å². The summed E-state index contributed by atoms with van der Waals surface area (Å²) < 4.78 is 0.943. The number of phenolic OH excluding ortho intramolecular Hbond substituents is 2. The van der Waals surface area contributed by atoms with E-state index in [1.54, 1.807) is 12.3 Å². The maximum Gasteiger partial charge on any atom is 0.243 e. The second-order valence-corrected chi connectivity index (χ2v) is 9.94. The molecule has 3 amide bonds. The van der Waals surface area contributed by atoms with Gasteiger partial charge in [-0.3, -0.25) is 14.4 Å². The molecule has 0 radical (unpaired) electrons. The van der Waals surface area contributed by atoms with Crippen LogP contribution < -0.4 is 21.7 Å². The SMILES string of the molecule is NC(Cc1cnc[nH]1)C(=O)NC(Cc1ccc(O)c(O)c1)C(=O)NCC(=O)N/C=C\c1c[nH]c2cc(Br)ccc12. The smallest absolute Gasteiger partial charge is 0.243 e. The number of hydrogen-bond donors (Lipinski definition) is 8. The first-order valence-corrected chi connectivity index (χ1v) is 13.0. The molecule has 2 atom stereocenters. The maximum absolute atomic E-state index is 13.0. The van der Waals surface area contributed by atoms with Gasteiger partial charge in [0.15, 0.2) is 11.5 Å². The number of fused-ring (bicyclic) bond motifs is 1. The van der Waals surface area contributed by atoms with Gasteiger partial charge in [0.1, 0.15) is 6.04 Å². The molecule has 4 aromatic rings. The minimum atomic E-state index is -1.11. The fourth-order valence-electron chi connectivity index (χ4n) is 3.97. The first-order chi connectivity index (χ1) is 19.2. The van der Waals surface area contributed by atoms with Crippen LogP contribution in [-0.4, -0.2) is 61.5 Å². The van der Waals surface area contributed by atoms with Gasteiger partial charge in [-0.15, -0.1) is 0 Å². The molecule has 0 saturated heterocycles. The summed E-state index contributed by atoms with van der Waals surface area (Å²) >= 11 is 3.42. The Morgan fingerprint density at radius 2 is 1.88 bits per heavy atom. The third-order valence-electron chi connectivity index (χ3n) is 6.05. The van der Waals surface area contributed by atoms with Gasteiger partial charge < -0.3 is 41.9 Å². The Balaban J connectivity index is 1.36. The topological polar surface area (TPSA) is 198 Å². The van der Waals surface area contributed by atoms with Crippen LogP contribution in [0.1, 0.15) is 16.8 Å². The molecule has 13 heteroatoms. The van der Waals surface area contributed by atoms with E-state index in [0.29, 0.717) is 11.3 Å². The van der Waals surface area contributed by atoms with Crippen molar-refractivity contribution < 1.29 is 24.6 Å². The Morgan fingerprint density at radius 1 is 1.05 bits per heavy atom. The van der Waals surface area contributed by atoms with E-state index in [1.165, 1.54) is 30.7 Å². The molecule has 0 fully saturated rings. The van der Waals surface area contributed by atoms with Crippen LogP contribution in [0.2, 0.25) is 0 Å². The number of carbonyl (C=O) groups excluding carboxylic acids is 3. The molecular formula is C27H28BrN7O5. The highest BCUT2D eigenvalue weighted by Gasteiger charge is 2.25. The van der Waals surface area contributed by atoms with Crippen LogP contribution in [0.15, 0.2) is 65.8 Å². The summed E-state index contributed by atoms with van der Waals surface area (Å²) in [4.78, 5) is 48.1. The highest BCUT2D eigenvalue weighted by molar-refractivity contribution is 9.10. The second-order valence-electron chi connectivity index (χ2n) is 9.03. The van der Waals surface area contributed by atoms with Crippen LogP contribution >= 0.6 is 15.9 Å². The minimum absolute atomic E-state index is 0.0274. The standard InChI is InChI=1S/C27H28BrN7O5/c28-17-2-3-19-16(11-32-21(19)9-17)5-6-31-25(38)13-33-27(40)22(7-15-1-4-23(36)24(37)8-15)35-26(39)20(29)10-18-12-30-14-34-18/h1-6,8-9,11-12,14,20,22,32,36-37H,7,10,13,29H2,(H,30,34)(H,31,38)(H,33,40)(H,35,39)/b6-5-. The van der Waals surface area contributed by atoms with E-state index >= 15 is 0 Å². The summed E-state index contributed by atoms with van der Waals surface area (Å²) in [6.07, 6.45) is 8.17. The lowest BCUT2D eigenvalue weighted by Crippen LogP contribution is -2.54. The zero-order valence-electron chi connectivity index (χ0n) is 21.1. The number of aromatic amines is 2. The zero-order chi connectivity index (χ0) is 28.6. The number of halogens is 1. The number of imidazole rings is 1. The number of nitrogens with one attached hydrogen (secondary N) is 5. The number of phenols is 2. The molecule has 0 aliphatic carbocycles. The fourth-order valence-corrected chi connectivity index (χ4v) is 4.33. The van der Waals surface area contributed by atoms with Gasteiger partial charge in [0, 0.05) is 58.1 Å². The summed E-state index contributed by atoms with van der Waals surface area (Å²) in [7, 11) is 0. The van der Waals surface area contributed by atoms with Crippen molar-refractivity contribution in [2.24, 2.45) is 5.73 Å². The molecule has 0 spiro atoms. The summed E-state index contributed by atoms with van der Waals surface area (Å²) in [5.41, 5.74) is 8.94. The molecule has 9 N–H and O–H groups in total. The number of nitrogens with two attached hydrogens (primary N) is 1. The van der Waals surface area contributed by atoms with Crippen molar-refractivity contribution in [3.05, 3.63) is 82.6 Å². The van der Waals surface area contributed by atoms with E-state index in [2.05, 4.69) is 46.8 Å². The van der Waals surface area contributed by atoms with Crippen molar-refractivity contribution in [2.45, 2.75) is 24.9 Å². The molecule has 2 aromatic carbocycles. The van der Waals surface area contributed by atoms with Crippen LogP contribution in [0, 0.1) is 0 Å². The van der Waals surface area contributed by atoms with E-state index in [-0.39, 0.29) is 30.9 Å². The van der Waals surface area contributed by atoms with E-state index in [0.717, 1.165) is 20.9 Å². The average Bonchev–Trinajstić information content (AvgIpc) is 3.58. The fraction of sp³-hybridized carbons (Fsp3) is 0.185. The molecule has 2 heterocycles. The maximum atomic E-state index is 13.0. The van der Waals surface area contributed by atoms with Crippen molar-refractivity contribution in [1.82, 2.24) is 30.9 Å². The predicted octanol–water partition coefficient (Wildman–Crippen LogP) is 1.57. The second kappa shape index (κ2) is 13.0. The van der Waals surface area contributed by atoms with E-state index in [1.807, 2.05) is 24.4 Å². The van der Waals surface area contributed by atoms with Crippen LogP contribution in [0.3, 0.4) is 0 Å². The molecule has 4 rings (SSSR count). The molecule has 208 valence electrons. The van der Waals surface area contributed by atoms with Gasteiger partial charge in [0.25, 0.3) is 0 Å². The van der Waals surface area contributed by atoms with Crippen LogP contribution in [0.5, 0.6) is 11.5 Å². The van der Waals surface area contributed by atoms with Gasteiger partial charge in [0.05, 0.1) is 18.9 Å². The molecule has 12 nitrogen and oxygen atoms in total. The number of carbonyl (C=O) groups is 3. The number of nitrogens with zero attached hydrogens (tertiary/aromatic N) is 1. The van der Waals surface area contributed by atoms with Gasteiger partial charge in [-0.1, -0.05) is 28.1 Å². The molecular weight excluding hydrogens is 582 g/mol. The molecule has 2 aromatic heterocycles. The number of H-pyrrole nitrogens is 2. The first-order valence-electron chi connectivity index (χ1n) is 12.2. The lowest BCUT2D eigenvalue weighted by atomic mass is 10.0. The average molecular weight is 610 g/mol. The van der Waals surface area contributed by atoms with Crippen LogP contribution in [0.4, 0.5) is 0 Å². The minimum Gasteiger partial charge on any atom is -0.504 e. The van der Waals surface area contributed by atoms with Crippen molar-refractivity contribution in [3.8, 4) is 11.5 Å². The van der Waals surface area contributed by atoms with Crippen molar-refractivity contribution >= 4 is 50.6 Å². The van der Waals surface area contributed by atoms with Crippen LogP contribution in [0.25, 0.3) is 17.0 Å². The monoisotopic (exact) mass is 609 g/mol. The summed E-state index contributed by atoms with van der Waals surface area (Å²) in [5, 5.41) is 28.1. The van der Waals surface area contributed by atoms with Gasteiger partial charge in [0.2, 0.25) is 17.7 Å². The highest BCUT2D eigenvalue weighted by atomic mass is 79.9. The number of amides is 3. The number of aromatic hydroxyl groups is 2. The lowest BCUT2D eigenvalue weighted by molar-refractivity contribution is -0.130. The zero-order valence-corrected chi connectivity index (χ0v) is 22.7. The quantitative estimate of drug-likeness (QED) is 0.118. The van der Waals surface area contributed by atoms with Gasteiger partial charge in [-0.05, 0) is 35.9 Å². The summed E-state index contributed by atoms with van der Waals surface area (Å²) in [6, 6.07) is 7.79. The number of benzene rings is 2. The number of rotatable bonds is 11. The highest BCUT2D eigenvalue weighted by Crippen LogP contribution is 2.25. The van der Waals surface area contributed by atoms with Gasteiger partial charge in [-0.25, -0.2) is 4.98 Å². The van der Waals surface area contributed by atoms with Gasteiger partial charge in [-0.2, -0.15) is 0 Å². The van der Waals surface area contributed by atoms with E-state index in [4.69, 9.17) is 5.73 Å². The molecule has 0 saturated carbocycles. The van der Waals surface area contributed by atoms with Gasteiger partial charge >= 0.3 is 0 Å². The Morgan fingerprint density at radius 3 is 2.62 bits per heavy atom. The normalized spacial score (nSPS) is 12.8. The Hall–Kier alpha value is -4.62. The summed E-state index contributed by atoms with van der Waals surface area (Å²) in [6.45, 7) is -0.350. The first kappa shape index (κ1) is 28.4. The van der Waals surface area contributed by atoms with Crippen molar-refractivity contribution in [2.75, 3.05) is 6.54 Å². The molecule has 2 unspecified atom stereocenters. The third-order valence-corrected chi connectivity index (χ3v) is 6.54.